The van der Waals surface area contributed by atoms with Gasteiger partial charge in [0.2, 0.25) is 0 Å². The number of nitrogens with two attached hydrogens (primary N) is 1. The van der Waals surface area contributed by atoms with E-state index in [0.29, 0.717) is 11.3 Å². The van der Waals surface area contributed by atoms with Gasteiger partial charge >= 0.3 is 0 Å². The van der Waals surface area contributed by atoms with Gasteiger partial charge in [-0.05, 0) is 38.3 Å². The molecule has 1 fully saturated rings. The van der Waals surface area contributed by atoms with Gasteiger partial charge in [-0.15, -0.1) is 0 Å². The Bertz CT molecular complexity index is 522. The first-order valence-electron chi connectivity index (χ1n) is 5.99. The first kappa shape index (κ1) is 12.6. The molecule has 2 atom stereocenters. The molecule has 3 nitrogen and oxygen atoms in total. The van der Waals surface area contributed by atoms with Crippen LogP contribution in [-0.4, -0.2) is 19.7 Å². The van der Waals surface area contributed by atoms with Gasteiger partial charge in [0.1, 0.15) is 0 Å². The highest BCUT2D eigenvalue weighted by Gasteiger charge is 2.36. The molecule has 1 aromatic carbocycles. The zero-order valence-electron chi connectivity index (χ0n) is 10.3. The summed E-state index contributed by atoms with van der Waals surface area (Å²) in [5, 5.41) is -0.399. The van der Waals surface area contributed by atoms with Crippen LogP contribution in [0.4, 0.5) is 0 Å². The van der Waals surface area contributed by atoms with E-state index in [4.69, 9.17) is 5.73 Å². The molecule has 0 aliphatic heterocycles. The van der Waals surface area contributed by atoms with E-state index in [-0.39, 0.29) is 6.04 Å². The molecule has 1 aromatic rings. The van der Waals surface area contributed by atoms with Gasteiger partial charge in [-0.3, -0.25) is 0 Å². The lowest BCUT2D eigenvalue weighted by Gasteiger charge is -2.17. The number of rotatable bonds is 2. The van der Waals surface area contributed by atoms with Crippen LogP contribution in [0.25, 0.3) is 0 Å². The Morgan fingerprint density at radius 3 is 2.47 bits per heavy atom. The van der Waals surface area contributed by atoms with E-state index >= 15 is 0 Å². The Labute approximate surface area is 103 Å². The second kappa shape index (κ2) is 4.42. The number of hydrogen-bond acceptors (Lipinski definition) is 3. The Hall–Kier alpha value is -0.870. The molecule has 0 aromatic heterocycles. The summed E-state index contributed by atoms with van der Waals surface area (Å²) < 4.78 is 25.0. The van der Waals surface area contributed by atoms with Crippen molar-refractivity contribution in [1.82, 2.24) is 0 Å². The van der Waals surface area contributed by atoms with Crippen molar-refractivity contribution < 1.29 is 8.42 Å². The van der Waals surface area contributed by atoms with Crippen LogP contribution in [0.15, 0.2) is 23.1 Å². The highest BCUT2D eigenvalue weighted by Crippen LogP contribution is 2.30. The van der Waals surface area contributed by atoms with Crippen LogP contribution in [0, 0.1) is 13.8 Å². The van der Waals surface area contributed by atoms with E-state index in [9.17, 15) is 8.42 Å². The van der Waals surface area contributed by atoms with Crippen LogP contribution in [0.5, 0.6) is 0 Å². The summed E-state index contributed by atoms with van der Waals surface area (Å²) >= 11 is 0. The van der Waals surface area contributed by atoms with E-state index in [1.54, 1.807) is 6.07 Å². The third-order valence-electron chi connectivity index (χ3n) is 3.54. The summed E-state index contributed by atoms with van der Waals surface area (Å²) in [5.41, 5.74) is 7.81. The standard InChI is InChI=1S/C13H19NO2S/c1-9-6-7-12(10(2)8-9)17(15,16)13-5-3-4-11(13)14/h6-8,11,13H,3-5,14H2,1-2H3. The lowest BCUT2D eigenvalue weighted by atomic mass is 10.2. The minimum atomic E-state index is -3.26. The molecular formula is C13H19NO2S. The first-order chi connectivity index (χ1) is 7.93. The van der Waals surface area contributed by atoms with Crippen molar-refractivity contribution in [2.24, 2.45) is 5.73 Å². The Morgan fingerprint density at radius 2 is 1.94 bits per heavy atom. The maximum Gasteiger partial charge on any atom is 0.183 e. The minimum absolute atomic E-state index is 0.208. The number of hydrogen-bond donors (Lipinski definition) is 1. The van der Waals surface area contributed by atoms with Crippen LogP contribution in [0.1, 0.15) is 30.4 Å². The molecule has 94 valence electrons. The zero-order valence-corrected chi connectivity index (χ0v) is 11.1. The lowest BCUT2D eigenvalue weighted by Crippen LogP contribution is -2.36. The molecular weight excluding hydrogens is 234 g/mol. The smallest absolute Gasteiger partial charge is 0.183 e. The zero-order chi connectivity index (χ0) is 12.6. The van der Waals surface area contributed by atoms with Gasteiger partial charge in [0, 0.05) is 6.04 Å². The van der Waals surface area contributed by atoms with Gasteiger partial charge in [0.25, 0.3) is 0 Å². The maximum absolute atomic E-state index is 12.5. The van der Waals surface area contributed by atoms with Crippen molar-refractivity contribution in [3.8, 4) is 0 Å². The molecule has 0 heterocycles. The fourth-order valence-electron chi connectivity index (χ4n) is 2.62. The van der Waals surface area contributed by atoms with Crippen LogP contribution in [-0.2, 0) is 9.84 Å². The molecule has 17 heavy (non-hydrogen) atoms. The number of benzene rings is 1. The molecule has 0 bridgehead atoms. The molecule has 0 spiro atoms. The average Bonchev–Trinajstić information content (AvgIpc) is 2.64. The van der Waals surface area contributed by atoms with E-state index in [1.807, 2.05) is 26.0 Å². The molecule has 0 radical (unpaired) electrons. The Morgan fingerprint density at radius 1 is 1.24 bits per heavy atom. The summed E-state index contributed by atoms with van der Waals surface area (Å²) in [7, 11) is -3.26. The van der Waals surface area contributed by atoms with Crippen LogP contribution < -0.4 is 5.73 Å². The van der Waals surface area contributed by atoms with Gasteiger partial charge in [0.15, 0.2) is 9.84 Å². The molecule has 2 N–H and O–H groups in total. The second-order valence-electron chi connectivity index (χ2n) is 4.95. The van der Waals surface area contributed by atoms with Crippen molar-refractivity contribution in [2.75, 3.05) is 0 Å². The van der Waals surface area contributed by atoms with Crippen LogP contribution >= 0.6 is 0 Å². The highest BCUT2D eigenvalue weighted by atomic mass is 32.2. The van der Waals surface area contributed by atoms with Crippen LogP contribution in [0.3, 0.4) is 0 Å². The molecule has 1 aliphatic rings. The molecule has 2 rings (SSSR count). The number of aryl methyl sites for hydroxylation is 2. The average molecular weight is 253 g/mol. The summed E-state index contributed by atoms with van der Waals surface area (Å²) in [6.45, 7) is 3.81. The topological polar surface area (TPSA) is 60.2 Å². The van der Waals surface area contributed by atoms with E-state index in [0.717, 1.165) is 24.0 Å². The Kier molecular flexibility index (Phi) is 3.27. The maximum atomic E-state index is 12.5. The molecule has 2 unspecified atom stereocenters. The van der Waals surface area contributed by atoms with Gasteiger partial charge in [-0.2, -0.15) is 0 Å². The summed E-state index contributed by atoms with van der Waals surface area (Å²) in [6, 6.07) is 5.26. The molecule has 4 heteroatoms. The minimum Gasteiger partial charge on any atom is -0.327 e. The van der Waals surface area contributed by atoms with Crippen molar-refractivity contribution in [3.63, 3.8) is 0 Å². The second-order valence-corrected chi connectivity index (χ2v) is 7.08. The predicted molar refractivity (Wildman–Crippen MR) is 68.7 cm³/mol. The van der Waals surface area contributed by atoms with Crippen molar-refractivity contribution in [2.45, 2.75) is 49.3 Å². The van der Waals surface area contributed by atoms with E-state index in [2.05, 4.69) is 0 Å². The lowest BCUT2D eigenvalue weighted by molar-refractivity contribution is 0.567. The van der Waals surface area contributed by atoms with Gasteiger partial charge < -0.3 is 5.73 Å². The monoisotopic (exact) mass is 253 g/mol. The third-order valence-corrected chi connectivity index (χ3v) is 5.99. The SMILES string of the molecule is Cc1ccc(S(=O)(=O)C2CCCC2N)c(C)c1. The molecule has 1 aliphatic carbocycles. The third kappa shape index (κ3) is 2.24. The summed E-state index contributed by atoms with van der Waals surface area (Å²) in [5.74, 6) is 0. The van der Waals surface area contributed by atoms with Gasteiger partial charge in [-0.25, -0.2) is 8.42 Å². The quantitative estimate of drug-likeness (QED) is 0.876. The van der Waals surface area contributed by atoms with E-state index < -0.39 is 15.1 Å². The highest BCUT2D eigenvalue weighted by molar-refractivity contribution is 7.92. The summed E-state index contributed by atoms with van der Waals surface area (Å²) in [6.07, 6.45) is 2.42. The molecule has 0 saturated heterocycles. The molecule has 1 saturated carbocycles. The van der Waals surface area contributed by atoms with Crippen molar-refractivity contribution >= 4 is 9.84 Å². The number of sulfone groups is 1. The normalized spacial score (nSPS) is 25.1. The van der Waals surface area contributed by atoms with Crippen molar-refractivity contribution in [3.05, 3.63) is 29.3 Å². The summed E-state index contributed by atoms with van der Waals surface area (Å²) in [4.78, 5) is 0.449. The largest absolute Gasteiger partial charge is 0.327 e. The Balaban J connectivity index is 2.44. The fraction of sp³-hybridized carbons (Fsp3) is 0.538. The van der Waals surface area contributed by atoms with Crippen molar-refractivity contribution in [1.29, 1.82) is 0 Å². The van der Waals surface area contributed by atoms with Gasteiger partial charge in [-0.1, -0.05) is 24.1 Å². The van der Waals surface area contributed by atoms with E-state index in [1.165, 1.54) is 0 Å². The van der Waals surface area contributed by atoms with Crippen LogP contribution in [0.2, 0.25) is 0 Å². The van der Waals surface area contributed by atoms with Gasteiger partial charge in [0.05, 0.1) is 10.1 Å². The predicted octanol–water partition coefficient (Wildman–Crippen LogP) is 1.96. The fourth-order valence-corrected chi connectivity index (χ4v) is 4.79. The molecule has 0 amide bonds. The first-order valence-corrected chi connectivity index (χ1v) is 7.54.